The molecule has 0 radical (unpaired) electrons. The number of H-pyrrole nitrogens is 2. The largest absolute Gasteiger partial charge is 0.453 e. The average molecular weight is 1480 g/mol. The number of nitrogens with one attached hydrogen (secondary N) is 2. The molecule has 3 aromatic heterocycles. The molecule has 112 heavy (non-hydrogen) atoms. The lowest BCUT2D eigenvalue weighted by Crippen LogP contribution is -1.94. The number of hydrogen-bond donors (Lipinski definition) is 2. The molecule has 15 aromatic rings. The minimum absolute atomic E-state index is 0.0661. The van der Waals surface area contributed by atoms with E-state index in [-0.39, 0.29) is 91.9 Å². The highest BCUT2D eigenvalue weighted by molar-refractivity contribution is 6.08. The average Bonchev–Trinajstić information content (AvgIpc) is 1.59. The van der Waals surface area contributed by atoms with E-state index in [4.69, 9.17) is 67.8 Å². The fraction of sp³-hybridized carbons (Fsp3) is 0. The minimum atomic E-state index is 0.0661. The number of benzene rings is 12. The van der Waals surface area contributed by atoms with E-state index in [1.807, 2.05) is 0 Å². The van der Waals surface area contributed by atoms with E-state index < -0.39 is 0 Å². The Morgan fingerprint density at radius 3 is 0.473 bits per heavy atom. The Hall–Kier alpha value is -16.2. The number of carbonyl (C=O) groups is 8. The van der Waals surface area contributed by atoms with Gasteiger partial charge in [0.2, 0.25) is 0 Å². The normalized spacial score (nSPS) is 11.1. The van der Waals surface area contributed by atoms with E-state index in [0.717, 1.165) is 0 Å². The third-order valence-corrected chi connectivity index (χ3v) is 18.0. The van der Waals surface area contributed by atoms with Crippen molar-refractivity contribution in [2.45, 2.75) is 0 Å². The van der Waals surface area contributed by atoms with Gasteiger partial charge < -0.3 is 47.9 Å². The summed E-state index contributed by atoms with van der Waals surface area (Å²) in [5.74, 6) is 4.03. The monoisotopic (exact) mass is 1470 g/mol. The number of aldehydes is 8. The van der Waals surface area contributed by atoms with Crippen LogP contribution >= 0.6 is 0 Å². The predicted octanol–water partition coefficient (Wildman–Crippen LogP) is 19.7. The van der Waals surface area contributed by atoms with Crippen molar-refractivity contribution in [1.82, 2.24) is 39.9 Å². The van der Waals surface area contributed by atoms with Crippen LogP contribution < -0.4 is 37.9 Å². The predicted molar refractivity (Wildman–Crippen MR) is 411 cm³/mol. The summed E-state index contributed by atoms with van der Waals surface area (Å²) in [5, 5.41) is 1.54. The van der Waals surface area contributed by atoms with Crippen LogP contribution in [-0.2, 0) is 0 Å². The SMILES string of the molecule is O=Cc1ccc(Oc2cc3c(cc2Oc2ccc(C=O)cc2)-c2nc-3nc3[nH]c(nc4nc(nc5[nH]c(n2)c2cc(Oc6ccc(C=O)cc6)c(Oc6ccc(C=O)cc6)cc52)-c2cc(Oc5ccc(C=O)cc5)c(Oc5ccc(C=O)cc5)cc2-4)c2cc(Oc4ccc(C=O)cc4)c(Oc4ccc(C=O)cc4)cc32)cc1. The van der Waals surface area contributed by atoms with Gasteiger partial charge in [0.25, 0.3) is 0 Å². The number of ether oxygens (including phenoxy) is 8. The summed E-state index contributed by atoms with van der Waals surface area (Å²) in [6, 6.07) is 65.1. The summed E-state index contributed by atoms with van der Waals surface area (Å²) in [4.78, 5) is 135. The first-order chi connectivity index (χ1) is 54.9. The van der Waals surface area contributed by atoms with Crippen LogP contribution in [0.15, 0.2) is 243 Å². The van der Waals surface area contributed by atoms with Gasteiger partial charge in [0.15, 0.2) is 69.3 Å². The third-order valence-electron chi connectivity index (χ3n) is 18.0. The Kier molecular flexibility index (Phi) is 18.2. The Labute approximate surface area is 632 Å². The second-order valence-corrected chi connectivity index (χ2v) is 25.3. The fourth-order valence-electron chi connectivity index (χ4n) is 12.4. The molecule has 17 rings (SSSR count). The molecule has 2 aliphatic heterocycles. The van der Waals surface area contributed by atoms with E-state index in [9.17, 15) is 38.4 Å². The van der Waals surface area contributed by atoms with E-state index in [2.05, 4.69) is 9.97 Å². The molecule has 2 N–H and O–H groups in total. The van der Waals surface area contributed by atoms with Gasteiger partial charge in [0.05, 0.1) is 0 Å². The summed E-state index contributed by atoms with van der Waals surface area (Å²) < 4.78 is 53.5. The third kappa shape index (κ3) is 14.0. The van der Waals surface area contributed by atoms with E-state index in [0.29, 0.717) is 185 Å². The zero-order valence-electron chi connectivity index (χ0n) is 57.9. The first kappa shape index (κ1) is 68.8. The summed E-state index contributed by atoms with van der Waals surface area (Å²) >= 11 is 0. The molecule has 0 saturated carbocycles. The first-order valence-electron chi connectivity index (χ1n) is 34.3. The van der Waals surface area contributed by atoms with Crippen molar-refractivity contribution in [3.05, 3.63) is 287 Å². The number of rotatable bonds is 24. The van der Waals surface area contributed by atoms with Gasteiger partial charge in [-0.15, -0.1) is 0 Å². The summed E-state index contributed by atoms with van der Waals surface area (Å²) in [5.41, 5.74) is 5.21. The fourth-order valence-corrected chi connectivity index (χ4v) is 12.4. The first-order valence-corrected chi connectivity index (χ1v) is 34.3. The highest BCUT2D eigenvalue weighted by Crippen LogP contribution is 2.50. The Morgan fingerprint density at radius 1 is 0.188 bits per heavy atom. The number of hydrogen-bond acceptors (Lipinski definition) is 22. The van der Waals surface area contributed by atoms with Crippen LogP contribution in [0.5, 0.6) is 92.0 Å². The number of carbonyl (C=O) groups excluding carboxylic acids is 8. The van der Waals surface area contributed by atoms with Gasteiger partial charge >= 0.3 is 0 Å². The van der Waals surface area contributed by atoms with Crippen molar-refractivity contribution in [1.29, 1.82) is 0 Å². The molecule has 0 unspecified atom stereocenters. The molecule has 0 spiro atoms. The number of nitrogens with zero attached hydrogens (tertiary/aromatic N) is 6. The zero-order chi connectivity index (χ0) is 76.3. The summed E-state index contributed by atoms with van der Waals surface area (Å²) in [7, 11) is 0. The van der Waals surface area contributed by atoms with Gasteiger partial charge in [0.1, 0.15) is 119 Å². The molecule has 0 aliphatic carbocycles. The molecule has 24 nitrogen and oxygen atoms in total. The standard InChI is InChI=1S/C88H50N8O16/c97-41-49-1-17-57(18-2-49)105-73-33-65-66(34-74(73)106-58-19-3-50(42-98)4-20-58)82-89-81(65)93-83-67-35-75(107-59-21-5-51(43-99)6-22-59)76(108-60-23-7-52(44-100)8-24-60)36-68(67)85(90-83)95-87-71-39-79(111-63-29-13-55(47-103)14-30-63)80(112-64-31-15-56(48-104)16-32-64)40-72(71)88(92-87)96-86-70-38-78(110-62-27-11-54(46-102)12-28-62)77(37-69(70)84(91-86)94-82)109-61-25-9-53(45-101)10-26-61/h1-48H,(H2,89,90,91,92,93,94,95,96). The second kappa shape index (κ2) is 29.6. The van der Waals surface area contributed by atoms with Crippen molar-refractivity contribution in [2.75, 3.05) is 0 Å². The molecular formula is C88H50N8O16. The van der Waals surface area contributed by atoms with Crippen molar-refractivity contribution in [2.24, 2.45) is 0 Å². The van der Waals surface area contributed by atoms with Gasteiger partial charge in [-0.3, -0.25) is 38.4 Å². The van der Waals surface area contributed by atoms with Gasteiger partial charge in [-0.2, -0.15) is 0 Å². The molecule has 0 atom stereocenters. The topological polar surface area (TPSA) is 319 Å². The molecule has 0 amide bonds. The van der Waals surface area contributed by atoms with Gasteiger partial charge in [-0.1, -0.05) is 0 Å². The van der Waals surface area contributed by atoms with Crippen LogP contribution in [0, 0.1) is 0 Å². The Bertz CT molecular complexity index is 5730. The lowest BCUT2D eigenvalue weighted by Gasteiger charge is -2.15. The van der Waals surface area contributed by atoms with Crippen molar-refractivity contribution < 1.29 is 76.3 Å². The summed E-state index contributed by atoms with van der Waals surface area (Å²) in [6.45, 7) is 0. The highest BCUT2D eigenvalue weighted by Gasteiger charge is 2.29. The van der Waals surface area contributed by atoms with Crippen LogP contribution in [0.1, 0.15) is 82.9 Å². The van der Waals surface area contributed by atoms with Crippen LogP contribution in [0.2, 0.25) is 0 Å². The Morgan fingerprint density at radius 2 is 0.330 bits per heavy atom. The van der Waals surface area contributed by atoms with Crippen LogP contribution in [0.25, 0.3) is 89.7 Å². The second-order valence-electron chi connectivity index (χ2n) is 25.3. The smallest absolute Gasteiger partial charge is 0.170 e. The maximum Gasteiger partial charge on any atom is 0.170 e. The molecule has 5 heterocycles. The lowest BCUT2D eigenvalue weighted by molar-refractivity contribution is 0.111. The number of aromatic nitrogens is 8. The van der Waals surface area contributed by atoms with Crippen molar-refractivity contribution in [3.8, 4) is 138 Å². The van der Waals surface area contributed by atoms with Crippen LogP contribution in [0.3, 0.4) is 0 Å². The molecular weight excluding hydrogens is 1430 g/mol. The molecule has 24 heteroatoms. The van der Waals surface area contributed by atoms with E-state index in [1.165, 1.54) is 0 Å². The molecule has 0 saturated heterocycles. The maximum atomic E-state index is 11.9. The zero-order valence-corrected chi connectivity index (χ0v) is 57.9. The highest BCUT2D eigenvalue weighted by atomic mass is 16.5. The van der Waals surface area contributed by atoms with Crippen LogP contribution in [-0.4, -0.2) is 90.2 Å². The molecule has 8 bridgehead atoms. The van der Waals surface area contributed by atoms with Gasteiger partial charge in [-0.25, -0.2) is 29.9 Å². The summed E-state index contributed by atoms with van der Waals surface area (Å²) in [6.07, 6.45) is 5.68. The minimum Gasteiger partial charge on any atom is -0.453 e. The molecule has 538 valence electrons. The maximum absolute atomic E-state index is 11.9. The molecule has 0 fully saturated rings. The van der Waals surface area contributed by atoms with Gasteiger partial charge in [-0.05, 0) is 243 Å². The van der Waals surface area contributed by atoms with Crippen molar-refractivity contribution in [3.63, 3.8) is 0 Å². The van der Waals surface area contributed by atoms with E-state index in [1.54, 1.807) is 243 Å². The van der Waals surface area contributed by atoms with Crippen molar-refractivity contribution >= 4 is 94.4 Å². The Balaban J connectivity index is 0.984. The van der Waals surface area contributed by atoms with E-state index >= 15 is 0 Å². The number of fused-ring (bicyclic) bond motifs is 20. The van der Waals surface area contributed by atoms with Gasteiger partial charge in [0, 0.05) is 88.3 Å². The quantitative estimate of drug-likeness (QED) is 0.0531. The molecule has 2 aliphatic rings. The van der Waals surface area contributed by atoms with Crippen LogP contribution in [0.4, 0.5) is 0 Å². The lowest BCUT2D eigenvalue weighted by atomic mass is 10.1. The number of aromatic amines is 2. The molecule has 12 aromatic carbocycles.